The summed E-state index contributed by atoms with van der Waals surface area (Å²) >= 11 is 12.8. The maximum absolute atomic E-state index is 13.0. The molecule has 1 aromatic carbocycles. The van der Waals surface area contributed by atoms with Crippen molar-refractivity contribution in [1.82, 2.24) is 4.98 Å². The number of hydrogen-bond acceptors (Lipinski definition) is 3. The van der Waals surface area contributed by atoms with Crippen LogP contribution < -0.4 is 5.32 Å². The van der Waals surface area contributed by atoms with Gasteiger partial charge >= 0.3 is 0 Å². The average molecular weight is 319 g/mol. The van der Waals surface area contributed by atoms with Crippen LogP contribution in [0.1, 0.15) is 10.7 Å². The second-order valence-corrected chi connectivity index (χ2v) is 5.33. The van der Waals surface area contributed by atoms with Gasteiger partial charge in [0, 0.05) is 5.38 Å². The minimum absolute atomic E-state index is 0.106. The number of nitrogens with one attached hydrogen (secondary N) is 1. The van der Waals surface area contributed by atoms with Crippen LogP contribution in [-0.4, -0.2) is 10.9 Å². The van der Waals surface area contributed by atoms with Crippen LogP contribution in [0.15, 0.2) is 23.6 Å². The minimum Gasteiger partial charge on any atom is -0.324 e. The molecule has 2 rings (SSSR count). The van der Waals surface area contributed by atoms with Crippen LogP contribution in [0.4, 0.5) is 10.1 Å². The van der Waals surface area contributed by atoms with Crippen molar-refractivity contribution in [2.75, 3.05) is 5.32 Å². The fraction of sp³-hybridized carbons (Fsp3) is 0.167. The lowest BCUT2D eigenvalue weighted by Crippen LogP contribution is -2.14. The van der Waals surface area contributed by atoms with Crippen LogP contribution in [0.2, 0.25) is 5.02 Å². The zero-order valence-corrected chi connectivity index (χ0v) is 11.9. The number of alkyl halides is 1. The van der Waals surface area contributed by atoms with Gasteiger partial charge in [0.1, 0.15) is 10.8 Å². The molecule has 0 atom stereocenters. The van der Waals surface area contributed by atoms with E-state index in [0.29, 0.717) is 10.9 Å². The maximum atomic E-state index is 13.0. The van der Waals surface area contributed by atoms with E-state index >= 15 is 0 Å². The van der Waals surface area contributed by atoms with Crippen molar-refractivity contribution >= 4 is 46.1 Å². The Morgan fingerprint density at radius 2 is 2.26 bits per heavy atom. The largest absolute Gasteiger partial charge is 0.324 e. The highest BCUT2D eigenvalue weighted by Gasteiger charge is 2.10. The smallest absolute Gasteiger partial charge is 0.231 e. The molecule has 0 aliphatic rings. The first-order chi connectivity index (χ1) is 9.08. The fourth-order valence-corrected chi connectivity index (χ4v) is 2.60. The number of anilines is 1. The summed E-state index contributed by atoms with van der Waals surface area (Å²) in [5, 5.41) is 5.29. The number of carbonyl (C=O) groups is 1. The molecule has 2 aromatic rings. The first-order valence-electron chi connectivity index (χ1n) is 5.32. The summed E-state index contributed by atoms with van der Waals surface area (Å²) in [7, 11) is 0. The Morgan fingerprint density at radius 1 is 1.47 bits per heavy atom. The summed E-state index contributed by atoms with van der Waals surface area (Å²) in [5.74, 6) is -0.449. The van der Waals surface area contributed by atoms with Gasteiger partial charge in [0.15, 0.2) is 0 Å². The molecule has 0 saturated carbocycles. The highest BCUT2D eigenvalue weighted by atomic mass is 35.5. The van der Waals surface area contributed by atoms with Crippen LogP contribution in [0, 0.1) is 5.82 Å². The van der Waals surface area contributed by atoms with E-state index in [2.05, 4.69) is 10.3 Å². The first-order valence-corrected chi connectivity index (χ1v) is 7.12. The summed E-state index contributed by atoms with van der Waals surface area (Å²) in [6, 6.07) is 3.79. The highest BCUT2D eigenvalue weighted by Crippen LogP contribution is 2.22. The summed E-state index contributed by atoms with van der Waals surface area (Å²) in [6.45, 7) is 0. The number of benzene rings is 1. The predicted molar refractivity (Wildman–Crippen MR) is 75.4 cm³/mol. The van der Waals surface area contributed by atoms with Crippen LogP contribution in [0.5, 0.6) is 0 Å². The molecule has 0 aliphatic heterocycles. The third kappa shape index (κ3) is 3.89. The molecular formula is C12H9Cl2FN2OS. The van der Waals surface area contributed by atoms with Gasteiger partial charge in [-0.1, -0.05) is 11.6 Å². The number of halogens is 3. The van der Waals surface area contributed by atoms with Gasteiger partial charge in [-0.05, 0) is 18.2 Å². The zero-order valence-electron chi connectivity index (χ0n) is 9.62. The Hall–Kier alpha value is -1.17. The predicted octanol–water partition coefficient (Wildman–Crippen LogP) is 3.86. The molecule has 100 valence electrons. The van der Waals surface area contributed by atoms with E-state index in [1.807, 2.05) is 0 Å². The van der Waals surface area contributed by atoms with Gasteiger partial charge < -0.3 is 5.32 Å². The molecule has 1 N–H and O–H groups in total. The summed E-state index contributed by atoms with van der Waals surface area (Å²) < 4.78 is 13.0. The van der Waals surface area contributed by atoms with Crippen LogP contribution in [-0.2, 0) is 17.1 Å². The second-order valence-electron chi connectivity index (χ2n) is 3.72. The van der Waals surface area contributed by atoms with E-state index in [9.17, 15) is 9.18 Å². The number of hydrogen-bond donors (Lipinski definition) is 1. The van der Waals surface area contributed by atoms with Crippen molar-refractivity contribution in [3.05, 3.63) is 45.1 Å². The SMILES string of the molecule is O=C(Cc1nc(CCl)cs1)Nc1cc(F)ccc1Cl. The van der Waals surface area contributed by atoms with Crippen molar-refractivity contribution in [1.29, 1.82) is 0 Å². The Bertz CT molecular complexity index is 603. The minimum atomic E-state index is -0.460. The van der Waals surface area contributed by atoms with Gasteiger partial charge in [-0.2, -0.15) is 0 Å². The number of amides is 1. The lowest BCUT2D eigenvalue weighted by atomic mass is 10.3. The second kappa shape index (κ2) is 6.32. The van der Waals surface area contributed by atoms with Gasteiger partial charge in [0.05, 0.1) is 28.7 Å². The van der Waals surface area contributed by atoms with Gasteiger partial charge in [-0.25, -0.2) is 9.37 Å². The summed E-state index contributed by atoms with van der Waals surface area (Å²) in [5.41, 5.74) is 0.985. The molecule has 0 radical (unpaired) electrons. The van der Waals surface area contributed by atoms with Gasteiger partial charge in [0.2, 0.25) is 5.91 Å². The molecule has 3 nitrogen and oxygen atoms in total. The topological polar surface area (TPSA) is 42.0 Å². The standard InChI is InChI=1S/C12H9Cl2FN2OS/c13-5-8-6-19-12(16-8)4-11(18)17-10-3-7(15)1-2-9(10)14/h1-3,6H,4-5H2,(H,17,18). The first kappa shape index (κ1) is 14.2. The number of nitrogens with zero attached hydrogens (tertiary/aromatic N) is 1. The summed E-state index contributed by atoms with van der Waals surface area (Å²) in [4.78, 5) is 16.0. The van der Waals surface area contributed by atoms with Crippen molar-refractivity contribution in [2.45, 2.75) is 12.3 Å². The van der Waals surface area contributed by atoms with Crippen molar-refractivity contribution < 1.29 is 9.18 Å². The summed E-state index contributed by atoms with van der Waals surface area (Å²) in [6.07, 6.45) is 0.106. The van der Waals surface area contributed by atoms with Crippen molar-refractivity contribution in [3.63, 3.8) is 0 Å². The van der Waals surface area contributed by atoms with E-state index in [-0.39, 0.29) is 23.0 Å². The number of aromatic nitrogens is 1. The Labute approximate surface area is 123 Å². The molecule has 1 amide bonds. The van der Waals surface area contributed by atoms with Crippen LogP contribution in [0.25, 0.3) is 0 Å². The Kier molecular flexibility index (Phi) is 4.74. The molecule has 0 bridgehead atoms. The number of rotatable bonds is 4. The number of thiazole rings is 1. The van der Waals surface area contributed by atoms with Gasteiger partial charge in [-0.3, -0.25) is 4.79 Å². The van der Waals surface area contributed by atoms with Crippen molar-refractivity contribution in [2.24, 2.45) is 0 Å². The highest BCUT2D eigenvalue weighted by molar-refractivity contribution is 7.09. The quantitative estimate of drug-likeness (QED) is 0.870. The van der Waals surface area contributed by atoms with Crippen LogP contribution >= 0.6 is 34.5 Å². The molecule has 0 spiro atoms. The van der Waals surface area contributed by atoms with Crippen molar-refractivity contribution in [3.8, 4) is 0 Å². The molecule has 1 aromatic heterocycles. The van der Waals surface area contributed by atoms with Crippen LogP contribution in [0.3, 0.4) is 0 Å². The van der Waals surface area contributed by atoms with E-state index in [4.69, 9.17) is 23.2 Å². The number of carbonyl (C=O) groups excluding carboxylic acids is 1. The fourth-order valence-electron chi connectivity index (χ4n) is 1.42. The zero-order chi connectivity index (χ0) is 13.8. The third-order valence-corrected chi connectivity index (χ3v) is 3.75. The van der Waals surface area contributed by atoms with Gasteiger partial charge in [0.25, 0.3) is 0 Å². The molecule has 19 heavy (non-hydrogen) atoms. The molecule has 0 saturated heterocycles. The Balaban J connectivity index is 2.03. The van der Waals surface area contributed by atoms with Gasteiger partial charge in [-0.15, -0.1) is 22.9 Å². The molecule has 7 heteroatoms. The van der Waals surface area contributed by atoms with E-state index in [1.54, 1.807) is 5.38 Å². The molecule has 0 fully saturated rings. The third-order valence-electron chi connectivity index (χ3n) is 2.25. The molecular weight excluding hydrogens is 310 g/mol. The Morgan fingerprint density at radius 3 is 2.95 bits per heavy atom. The monoisotopic (exact) mass is 318 g/mol. The maximum Gasteiger partial charge on any atom is 0.231 e. The van der Waals surface area contributed by atoms with E-state index in [1.165, 1.54) is 29.5 Å². The average Bonchev–Trinajstić information content (AvgIpc) is 2.81. The molecule has 0 aliphatic carbocycles. The molecule has 0 unspecified atom stereocenters. The molecule has 1 heterocycles. The lowest BCUT2D eigenvalue weighted by molar-refractivity contribution is -0.115. The van der Waals surface area contributed by atoms with E-state index in [0.717, 1.165) is 5.69 Å². The van der Waals surface area contributed by atoms with E-state index < -0.39 is 5.82 Å². The lowest BCUT2D eigenvalue weighted by Gasteiger charge is -2.06. The normalized spacial score (nSPS) is 10.5.